The zero-order chi connectivity index (χ0) is 11.7. The molecule has 0 aliphatic heterocycles. The van der Waals surface area contributed by atoms with Crippen molar-refractivity contribution >= 4 is 5.97 Å². The maximum absolute atomic E-state index is 10.4. The van der Waals surface area contributed by atoms with Crippen LogP contribution in [0, 0.1) is 0 Å². The molecule has 0 spiro atoms. The van der Waals surface area contributed by atoms with Crippen molar-refractivity contribution < 1.29 is 9.90 Å². The number of carboxylic acids is 1. The zero-order valence-electron chi connectivity index (χ0n) is 10.3. The number of hydrogen-bond acceptors (Lipinski definition) is 2. The monoisotopic (exact) mass is 215 g/mol. The van der Waals surface area contributed by atoms with Crippen molar-refractivity contribution in [3.63, 3.8) is 0 Å². The van der Waals surface area contributed by atoms with Crippen LogP contribution in [0.5, 0.6) is 0 Å². The molecule has 0 rings (SSSR count). The van der Waals surface area contributed by atoms with Gasteiger partial charge in [-0.25, -0.2) is 0 Å². The summed E-state index contributed by atoms with van der Waals surface area (Å²) in [6.45, 7) is 6.39. The van der Waals surface area contributed by atoms with Gasteiger partial charge in [0.15, 0.2) is 0 Å². The first-order valence-electron chi connectivity index (χ1n) is 5.95. The van der Waals surface area contributed by atoms with Gasteiger partial charge in [-0.15, -0.1) is 0 Å². The molecule has 15 heavy (non-hydrogen) atoms. The molecule has 0 unspecified atom stereocenters. The lowest BCUT2D eigenvalue weighted by atomic mass is 9.96. The lowest BCUT2D eigenvalue weighted by Gasteiger charge is -2.25. The second-order valence-corrected chi connectivity index (χ2v) is 4.80. The third kappa shape index (κ3) is 9.73. The van der Waals surface area contributed by atoms with Gasteiger partial charge in [-0.3, -0.25) is 4.79 Å². The fourth-order valence-electron chi connectivity index (χ4n) is 1.57. The summed E-state index contributed by atoms with van der Waals surface area (Å²) in [5, 5.41) is 11.6. The molecule has 0 aromatic carbocycles. The SMILES string of the molecule is CCCCCCCC(C)(C)NCC(=O)O. The summed E-state index contributed by atoms with van der Waals surface area (Å²) in [7, 11) is 0. The van der Waals surface area contributed by atoms with Gasteiger partial charge >= 0.3 is 5.97 Å². The van der Waals surface area contributed by atoms with E-state index in [2.05, 4.69) is 26.1 Å². The molecule has 3 nitrogen and oxygen atoms in total. The summed E-state index contributed by atoms with van der Waals surface area (Å²) in [4.78, 5) is 10.4. The molecule has 0 aliphatic carbocycles. The maximum Gasteiger partial charge on any atom is 0.317 e. The number of carbonyl (C=O) groups is 1. The van der Waals surface area contributed by atoms with Gasteiger partial charge in [0.25, 0.3) is 0 Å². The minimum absolute atomic E-state index is 0.0510. The molecule has 3 heteroatoms. The van der Waals surface area contributed by atoms with Crippen LogP contribution in [0.1, 0.15) is 59.3 Å². The molecule has 0 atom stereocenters. The highest BCUT2D eigenvalue weighted by molar-refractivity contribution is 5.69. The smallest absolute Gasteiger partial charge is 0.317 e. The van der Waals surface area contributed by atoms with E-state index in [-0.39, 0.29) is 12.1 Å². The van der Waals surface area contributed by atoms with Crippen LogP contribution in [0.4, 0.5) is 0 Å². The largest absolute Gasteiger partial charge is 0.480 e. The number of carboxylic acid groups (broad SMARTS) is 1. The Morgan fingerprint density at radius 2 is 1.80 bits per heavy atom. The van der Waals surface area contributed by atoms with Crippen molar-refractivity contribution in [3.05, 3.63) is 0 Å². The first-order valence-corrected chi connectivity index (χ1v) is 5.95. The summed E-state index contributed by atoms with van der Waals surface area (Å²) in [6.07, 6.45) is 7.35. The van der Waals surface area contributed by atoms with Crippen LogP contribution in [0.3, 0.4) is 0 Å². The van der Waals surface area contributed by atoms with Crippen LogP contribution in [-0.4, -0.2) is 23.2 Å². The van der Waals surface area contributed by atoms with Crippen LogP contribution in [0.15, 0.2) is 0 Å². The quantitative estimate of drug-likeness (QED) is 0.581. The second kappa shape index (κ2) is 7.69. The van der Waals surface area contributed by atoms with E-state index in [1.165, 1.54) is 32.1 Å². The summed E-state index contributed by atoms with van der Waals surface area (Å²) < 4.78 is 0. The van der Waals surface area contributed by atoms with Crippen molar-refractivity contribution in [2.75, 3.05) is 6.54 Å². The Kier molecular flexibility index (Phi) is 7.39. The number of aliphatic carboxylic acids is 1. The van der Waals surface area contributed by atoms with E-state index in [4.69, 9.17) is 5.11 Å². The molecule has 2 N–H and O–H groups in total. The van der Waals surface area contributed by atoms with Crippen molar-refractivity contribution in [3.8, 4) is 0 Å². The van der Waals surface area contributed by atoms with Crippen LogP contribution in [-0.2, 0) is 4.79 Å². The molecule has 0 aromatic heterocycles. The first kappa shape index (κ1) is 14.4. The van der Waals surface area contributed by atoms with Gasteiger partial charge < -0.3 is 10.4 Å². The van der Waals surface area contributed by atoms with E-state index in [9.17, 15) is 4.79 Å². The Balaban J connectivity index is 3.50. The predicted molar refractivity (Wildman–Crippen MR) is 63.1 cm³/mol. The molecule has 0 heterocycles. The number of unbranched alkanes of at least 4 members (excludes halogenated alkanes) is 4. The van der Waals surface area contributed by atoms with Crippen LogP contribution < -0.4 is 5.32 Å². The van der Waals surface area contributed by atoms with Crippen molar-refractivity contribution in [2.45, 2.75) is 64.8 Å². The molecule has 0 aromatic rings. The van der Waals surface area contributed by atoms with Gasteiger partial charge in [0.05, 0.1) is 6.54 Å². The molecule has 90 valence electrons. The van der Waals surface area contributed by atoms with Crippen LogP contribution in [0.25, 0.3) is 0 Å². The number of hydrogen-bond donors (Lipinski definition) is 2. The molecule has 0 saturated heterocycles. The second-order valence-electron chi connectivity index (χ2n) is 4.80. The molecular formula is C12H25NO2. The molecule has 0 amide bonds. The predicted octanol–water partition coefficient (Wildman–Crippen LogP) is 2.80. The van der Waals surface area contributed by atoms with Crippen molar-refractivity contribution in [1.29, 1.82) is 0 Å². The molecule has 0 aliphatic rings. The van der Waals surface area contributed by atoms with E-state index < -0.39 is 5.97 Å². The Morgan fingerprint density at radius 1 is 1.20 bits per heavy atom. The zero-order valence-corrected chi connectivity index (χ0v) is 10.3. The van der Waals surface area contributed by atoms with Gasteiger partial charge in [-0.1, -0.05) is 39.0 Å². The first-order chi connectivity index (χ1) is 6.98. The minimum Gasteiger partial charge on any atom is -0.480 e. The van der Waals surface area contributed by atoms with Crippen LogP contribution in [0.2, 0.25) is 0 Å². The van der Waals surface area contributed by atoms with Gasteiger partial charge in [-0.05, 0) is 20.3 Å². The third-order valence-electron chi connectivity index (χ3n) is 2.62. The summed E-state index contributed by atoms with van der Waals surface area (Å²) >= 11 is 0. The van der Waals surface area contributed by atoms with E-state index in [1.807, 2.05) is 0 Å². The Hall–Kier alpha value is -0.570. The van der Waals surface area contributed by atoms with Crippen molar-refractivity contribution in [1.82, 2.24) is 5.32 Å². The number of nitrogens with one attached hydrogen (secondary N) is 1. The van der Waals surface area contributed by atoms with Crippen molar-refractivity contribution in [2.24, 2.45) is 0 Å². The Morgan fingerprint density at radius 3 is 2.33 bits per heavy atom. The van der Waals surface area contributed by atoms with E-state index in [0.717, 1.165) is 6.42 Å². The van der Waals surface area contributed by atoms with Gasteiger partial charge in [0, 0.05) is 5.54 Å². The van der Waals surface area contributed by atoms with Gasteiger partial charge in [-0.2, -0.15) is 0 Å². The minimum atomic E-state index is -0.783. The van der Waals surface area contributed by atoms with E-state index >= 15 is 0 Å². The van der Waals surface area contributed by atoms with Gasteiger partial charge in [0.1, 0.15) is 0 Å². The average Bonchev–Trinajstić information content (AvgIpc) is 2.15. The summed E-state index contributed by atoms with van der Waals surface area (Å²) in [5.41, 5.74) is -0.0510. The normalized spacial score (nSPS) is 11.7. The lowest BCUT2D eigenvalue weighted by Crippen LogP contribution is -2.42. The number of rotatable bonds is 9. The highest BCUT2D eigenvalue weighted by Crippen LogP contribution is 2.14. The average molecular weight is 215 g/mol. The molecule has 0 saturated carbocycles. The molecule has 0 bridgehead atoms. The Labute approximate surface area is 93.3 Å². The fraction of sp³-hybridized carbons (Fsp3) is 0.917. The fourth-order valence-corrected chi connectivity index (χ4v) is 1.57. The van der Waals surface area contributed by atoms with Gasteiger partial charge in [0.2, 0.25) is 0 Å². The van der Waals surface area contributed by atoms with Crippen LogP contribution >= 0.6 is 0 Å². The maximum atomic E-state index is 10.4. The summed E-state index contributed by atoms with van der Waals surface area (Å²) in [5.74, 6) is -0.783. The molecule has 0 radical (unpaired) electrons. The third-order valence-corrected chi connectivity index (χ3v) is 2.62. The highest BCUT2D eigenvalue weighted by atomic mass is 16.4. The summed E-state index contributed by atoms with van der Waals surface area (Å²) in [6, 6.07) is 0. The van der Waals surface area contributed by atoms with E-state index in [1.54, 1.807) is 0 Å². The lowest BCUT2D eigenvalue weighted by molar-refractivity contribution is -0.136. The Bertz CT molecular complexity index is 178. The highest BCUT2D eigenvalue weighted by Gasteiger charge is 2.17. The molecular weight excluding hydrogens is 190 g/mol. The molecule has 0 fully saturated rings. The topological polar surface area (TPSA) is 49.3 Å². The van der Waals surface area contributed by atoms with E-state index in [0.29, 0.717) is 0 Å². The standard InChI is InChI=1S/C12H25NO2/c1-4-5-6-7-8-9-12(2,3)13-10-11(14)15/h13H,4-10H2,1-3H3,(H,14,15).